The van der Waals surface area contributed by atoms with E-state index in [0.29, 0.717) is 17.1 Å². The van der Waals surface area contributed by atoms with Crippen LogP contribution in [0.1, 0.15) is 6.92 Å². The van der Waals surface area contributed by atoms with Crippen LogP contribution in [-0.4, -0.2) is 23.4 Å². The number of anilines is 2. The highest BCUT2D eigenvalue weighted by Gasteiger charge is 2.16. The molecule has 0 unspecified atom stereocenters. The van der Waals surface area contributed by atoms with Gasteiger partial charge in [-0.25, -0.2) is 0 Å². The summed E-state index contributed by atoms with van der Waals surface area (Å²) in [4.78, 5) is 34.1. The third-order valence-electron chi connectivity index (χ3n) is 2.19. The molecule has 0 spiro atoms. The van der Waals surface area contributed by atoms with Crippen LogP contribution in [0.25, 0.3) is 0 Å². The molecule has 0 aliphatic carbocycles. The summed E-state index contributed by atoms with van der Waals surface area (Å²) in [6.45, 7) is 1.20. The number of thioether (sulfide) groups is 1. The van der Waals surface area contributed by atoms with E-state index in [4.69, 9.17) is 0 Å². The van der Waals surface area contributed by atoms with Crippen LogP contribution >= 0.6 is 11.8 Å². The van der Waals surface area contributed by atoms with Crippen molar-refractivity contribution in [1.82, 2.24) is 0 Å². The largest absolute Gasteiger partial charge is 0.324 e. The van der Waals surface area contributed by atoms with Crippen LogP contribution in [0.15, 0.2) is 23.1 Å². The maximum Gasteiger partial charge on any atom is 0.291 e. The molecule has 0 bridgehead atoms. The summed E-state index contributed by atoms with van der Waals surface area (Å²) in [5, 5.41) is 5.16. The first kappa shape index (κ1) is 11.7. The molecule has 1 heterocycles. The van der Waals surface area contributed by atoms with E-state index in [1.165, 1.54) is 18.7 Å². The molecule has 1 aromatic rings. The molecule has 0 saturated heterocycles. The van der Waals surface area contributed by atoms with Gasteiger partial charge >= 0.3 is 0 Å². The first-order valence-electron chi connectivity index (χ1n) is 4.95. The van der Waals surface area contributed by atoms with Crippen molar-refractivity contribution in [2.24, 2.45) is 0 Å². The lowest BCUT2D eigenvalue weighted by Crippen LogP contribution is -2.21. The summed E-state index contributed by atoms with van der Waals surface area (Å²) in [6.07, 6.45) is 0. The fraction of sp³-hybridized carbons (Fsp3) is 0.182. The first-order chi connectivity index (χ1) is 8.06. The van der Waals surface area contributed by atoms with Gasteiger partial charge in [0.25, 0.3) is 5.91 Å². The number of carbonyl (C=O) groups excluding carboxylic acids is 3. The molecule has 0 atom stereocenters. The van der Waals surface area contributed by atoms with Gasteiger partial charge < -0.3 is 10.6 Å². The molecule has 1 aromatic carbocycles. The molecule has 2 rings (SSSR count). The molecule has 2 amide bonds. The second-order valence-corrected chi connectivity index (χ2v) is 4.58. The minimum Gasteiger partial charge on any atom is -0.324 e. The Bertz CT molecular complexity index is 513. The zero-order valence-electron chi connectivity index (χ0n) is 9.07. The van der Waals surface area contributed by atoms with E-state index < -0.39 is 11.7 Å². The van der Waals surface area contributed by atoms with Crippen LogP contribution in [0.4, 0.5) is 11.4 Å². The van der Waals surface area contributed by atoms with Crippen LogP contribution in [0, 0.1) is 0 Å². The number of benzene rings is 1. The van der Waals surface area contributed by atoms with Crippen LogP contribution < -0.4 is 10.6 Å². The smallest absolute Gasteiger partial charge is 0.291 e. The summed E-state index contributed by atoms with van der Waals surface area (Å²) in [6, 6.07) is 5.14. The number of carbonyl (C=O) groups is 3. The maximum absolute atomic E-state index is 11.2. The van der Waals surface area contributed by atoms with Gasteiger partial charge in [-0.05, 0) is 18.2 Å². The van der Waals surface area contributed by atoms with Crippen molar-refractivity contribution >= 4 is 40.7 Å². The van der Waals surface area contributed by atoms with E-state index in [0.717, 1.165) is 4.90 Å². The molecule has 0 saturated carbocycles. The number of rotatable bonds is 2. The van der Waals surface area contributed by atoms with Gasteiger partial charge in [0.15, 0.2) is 0 Å². The van der Waals surface area contributed by atoms with Crippen LogP contribution in [0.3, 0.4) is 0 Å². The Labute approximate surface area is 102 Å². The van der Waals surface area contributed by atoms with Gasteiger partial charge in [0, 0.05) is 17.5 Å². The number of amides is 2. The van der Waals surface area contributed by atoms with E-state index in [1.54, 1.807) is 18.2 Å². The molecule has 17 heavy (non-hydrogen) atoms. The Kier molecular flexibility index (Phi) is 3.14. The third-order valence-corrected chi connectivity index (χ3v) is 3.26. The molecule has 2 N–H and O–H groups in total. The number of nitrogens with one attached hydrogen (secondary N) is 2. The molecular weight excluding hydrogens is 240 g/mol. The fourth-order valence-electron chi connectivity index (χ4n) is 1.38. The van der Waals surface area contributed by atoms with Crippen LogP contribution in [-0.2, 0) is 14.4 Å². The average molecular weight is 250 g/mol. The highest BCUT2D eigenvalue weighted by molar-refractivity contribution is 8.00. The standard InChI is InChI=1S/C11H10N2O3S/c1-6(14)11(16)12-7-2-3-9-8(4-7)13-10(15)5-17-9/h2-4H,5H2,1H3,(H,12,16)(H,13,15). The molecule has 1 aliphatic rings. The van der Waals surface area contributed by atoms with E-state index in [2.05, 4.69) is 10.6 Å². The SMILES string of the molecule is CC(=O)C(=O)Nc1ccc2c(c1)NC(=O)CS2. The normalized spacial score (nSPS) is 13.6. The number of Topliss-reactive ketones (excluding diaryl/α,β-unsaturated/α-hetero) is 1. The monoisotopic (exact) mass is 250 g/mol. The molecule has 6 heteroatoms. The third kappa shape index (κ3) is 2.65. The molecule has 0 radical (unpaired) electrons. The zero-order chi connectivity index (χ0) is 12.4. The summed E-state index contributed by atoms with van der Waals surface area (Å²) < 4.78 is 0. The number of ketones is 1. The summed E-state index contributed by atoms with van der Waals surface area (Å²) in [5.74, 6) is -0.898. The molecule has 1 aliphatic heterocycles. The number of hydrogen-bond donors (Lipinski definition) is 2. The van der Waals surface area contributed by atoms with Crippen molar-refractivity contribution < 1.29 is 14.4 Å². The predicted molar refractivity (Wildman–Crippen MR) is 65.1 cm³/mol. The van der Waals surface area contributed by atoms with Crippen molar-refractivity contribution in [2.45, 2.75) is 11.8 Å². The maximum atomic E-state index is 11.2. The molecule has 0 fully saturated rings. The van der Waals surface area contributed by atoms with Crippen LogP contribution in [0.5, 0.6) is 0 Å². The lowest BCUT2D eigenvalue weighted by atomic mass is 10.2. The fourth-order valence-corrected chi connectivity index (χ4v) is 2.17. The lowest BCUT2D eigenvalue weighted by Gasteiger charge is -2.17. The van der Waals surface area contributed by atoms with Gasteiger partial charge in [-0.15, -0.1) is 11.8 Å². The topological polar surface area (TPSA) is 75.3 Å². The van der Waals surface area contributed by atoms with Gasteiger partial charge in [0.2, 0.25) is 11.7 Å². The van der Waals surface area contributed by atoms with Gasteiger partial charge in [-0.3, -0.25) is 14.4 Å². The lowest BCUT2D eigenvalue weighted by molar-refractivity contribution is -0.133. The first-order valence-corrected chi connectivity index (χ1v) is 5.93. The van der Waals surface area contributed by atoms with E-state index in [1.807, 2.05) is 0 Å². The van der Waals surface area contributed by atoms with Crippen molar-refractivity contribution in [2.75, 3.05) is 16.4 Å². The molecular formula is C11H10N2O3S. The summed E-state index contributed by atoms with van der Waals surface area (Å²) in [7, 11) is 0. The van der Waals surface area contributed by atoms with Crippen molar-refractivity contribution in [3.05, 3.63) is 18.2 Å². The van der Waals surface area contributed by atoms with E-state index >= 15 is 0 Å². The van der Waals surface area contributed by atoms with E-state index in [-0.39, 0.29) is 5.91 Å². The van der Waals surface area contributed by atoms with Crippen LogP contribution in [0.2, 0.25) is 0 Å². The van der Waals surface area contributed by atoms with Crippen molar-refractivity contribution in [3.63, 3.8) is 0 Å². The highest BCUT2D eigenvalue weighted by Crippen LogP contribution is 2.33. The van der Waals surface area contributed by atoms with Crippen molar-refractivity contribution in [1.29, 1.82) is 0 Å². The predicted octanol–water partition coefficient (Wildman–Crippen LogP) is 1.26. The van der Waals surface area contributed by atoms with Gasteiger partial charge in [-0.2, -0.15) is 0 Å². The summed E-state index contributed by atoms with van der Waals surface area (Å²) >= 11 is 1.44. The number of fused-ring (bicyclic) bond motifs is 1. The summed E-state index contributed by atoms with van der Waals surface area (Å²) in [5.41, 5.74) is 1.15. The zero-order valence-corrected chi connectivity index (χ0v) is 9.89. The Morgan fingerprint density at radius 1 is 1.41 bits per heavy atom. The quantitative estimate of drug-likeness (QED) is 0.775. The number of hydrogen-bond acceptors (Lipinski definition) is 4. The van der Waals surface area contributed by atoms with Gasteiger partial charge in [0.1, 0.15) is 0 Å². The molecule has 0 aromatic heterocycles. The van der Waals surface area contributed by atoms with Gasteiger partial charge in [-0.1, -0.05) is 0 Å². The minimum absolute atomic E-state index is 0.0717. The highest BCUT2D eigenvalue weighted by atomic mass is 32.2. The molecule has 5 nitrogen and oxygen atoms in total. The average Bonchev–Trinajstić information content (AvgIpc) is 2.28. The van der Waals surface area contributed by atoms with Gasteiger partial charge in [0.05, 0.1) is 11.4 Å². The van der Waals surface area contributed by atoms with E-state index in [9.17, 15) is 14.4 Å². The Balaban J connectivity index is 2.21. The second kappa shape index (κ2) is 4.58. The second-order valence-electron chi connectivity index (χ2n) is 3.56. The Morgan fingerprint density at radius 3 is 2.88 bits per heavy atom. The van der Waals surface area contributed by atoms with Crippen molar-refractivity contribution in [3.8, 4) is 0 Å². The Morgan fingerprint density at radius 2 is 2.18 bits per heavy atom. The molecule has 88 valence electrons. The Hall–Kier alpha value is -1.82. The minimum atomic E-state index is -0.667.